The largest absolute Gasteiger partial charge is 0.416 e. The molecule has 0 fully saturated rings. The highest BCUT2D eigenvalue weighted by atomic mass is 19.4. The monoisotopic (exact) mass is 350 g/mol. The Morgan fingerprint density at radius 3 is 1.88 bits per heavy atom. The molecule has 4 nitrogen and oxygen atoms in total. The second kappa shape index (κ2) is 6.02. The van der Waals surface area contributed by atoms with Gasteiger partial charge in [0.25, 0.3) is 5.91 Å². The van der Waals surface area contributed by atoms with Crippen LogP contribution in [0.5, 0.6) is 0 Å². The van der Waals surface area contributed by atoms with Gasteiger partial charge in [-0.2, -0.15) is 26.3 Å². The molecule has 0 unspecified atom stereocenters. The average Bonchev–Trinajstić information content (AvgIpc) is 2.45. The summed E-state index contributed by atoms with van der Waals surface area (Å²) < 4.78 is 76.3. The summed E-state index contributed by atoms with van der Waals surface area (Å²) in [6.45, 7) is 0. The molecule has 0 saturated carbocycles. The van der Waals surface area contributed by atoms with E-state index in [1.54, 1.807) is 0 Å². The summed E-state index contributed by atoms with van der Waals surface area (Å²) >= 11 is 0. The molecule has 1 heterocycles. The molecule has 0 bridgehead atoms. The summed E-state index contributed by atoms with van der Waals surface area (Å²) in [6.07, 6.45) is -9.05. The van der Waals surface area contributed by atoms with Gasteiger partial charge in [-0.25, -0.2) is 0 Å². The maximum absolute atomic E-state index is 12.7. The van der Waals surface area contributed by atoms with E-state index in [0.717, 1.165) is 18.3 Å². The molecular weight excluding hydrogens is 342 g/mol. The number of carbonyl (C=O) groups is 1. The van der Waals surface area contributed by atoms with E-state index in [-0.39, 0.29) is 11.6 Å². The Balaban J connectivity index is 2.40. The lowest BCUT2D eigenvalue weighted by molar-refractivity contribution is -0.143. The Morgan fingerprint density at radius 1 is 0.917 bits per heavy atom. The molecule has 24 heavy (non-hydrogen) atoms. The van der Waals surface area contributed by atoms with Crippen LogP contribution < -0.4 is 10.9 Å². The number of pyridine rings is 1. The van der Waals surface area contributed by atoms with Crippen LogP contribution in [0.4, 0.5) is 32.0 Å². The van der Waals surface area contributed by atoms with Crippen molar-refractivity contribution >= 4 is 11.6 Å². The zero-order valence-corrected chi connectivity index (χ0v) is 11.5. The molecule has 1 amide bonds. The van der Waals surface area contributed by atoms with Crippen molar-refractivity contribution in [1.82, 2.24) is 4.98 Å². The van der Waals surface area contributed by atoms with Crippen molar-refractivity contribution in [2.75, 3.05) is 5.32 Å². The topological polar surface area (TPSA) is 62.0 Å². The van der Waals surface area contributed by atoms with E-state index in [1.807, 2.05) is 5.32 Å². The van der Waals surface area contributed by atoms with E-state index in [4.69, 9.17) is 0 Å². The fourth-order valence-electron chi connectivity index (χ4n) is 1.78. The SMILES string of the molecule is O=C(Nc1cc(C(F)(F)F)cc(C(F)(F)F)c1)c1ccc(=O)[nH]c1. The van der Waals surface area contributed by atoms with Crippen molar-refractivity contribution in [3.8, 4) is 0 Å². The standard InChI is InChI=1S/C14H8F6N2O2/c15-13(16,17)8-3-9(14(18,19)20)5-10(4-8)22-12(24)7-1-2-11(23)21-6-7/h1-6H,(H,21,23)(H,22,24). The van der Waals surface area contributed by atoms with Gasteiger partial charge >= 0.3 is 12.4 Å². The molecule has 128 valence electrons. The lowest BCUT2D eigenvalue weighted by atomic mass is 10.1. The minimum atomic E-state index is -5.02. The van der Waals surface area contributed by atoms with Crippen LogP contribution in [0, 0.1) is 0 Å². The third-order valence-corrected chi connectivity index (χ3v) is 2.89. The van der Waals surface area contributed by atoms with E-state index >= 15 is 0 Å². The van der Waals surface area contributed by atoms with Crippen molar-refractivity contribution < 1.29 is 31.1 Å². The highest BCUT2D eigenvalue weighted by Gasteiger charge is 2.37. The quantitative estimate of drug-likeness (QED) is 0.812. The minimum absolute atomic E-state index is 0.0460. The molecular formula is C14H8F6N2O2. The molecule has 0 aliphatic carbocycles. The fourth-order valence-corrected chi connectivity index (χ4v) is 1.78. The van der Waals surface area contributed by atoms with E-state index in [1.165, 1.54) is 0 Å². The van der Waals surface area contributed by atoms with E-state index in [9.17, 15) is 35.9 Å². The number of aromatic nitrogens is 1. The number of hydrogen-bond acceptors (Lipinski definition) is 2. The highest BCUT2D eigenvalue weighted by molar-refractivity contribution is 6.04. The molecule has 0 saturated heterocycles. The molecule has 0 spiro atoms. The summed E-state index contributed by atoms with van der Waals surface area (Å²) in [7, 11) is 0. The molecule has 0 atom stereocenters. The summed E-state index contributed by atoms with van der Waals surface area (Å²) in [4.78, 5) is 24.9. The number of hydrogen-bond donors (Lipinski definition) is 2. The van der Waals surface area contributed by atoms with E-state index in [0.29, 0.717) is 12.1 Å². The summed E-state index contributed by atoms with van der Waals surface area (Å²) in [5.74, 6) is -0.973. The van der Waals surface area contributed by atoms with Crippen LogP contribution in [0.1, 0.15) is 21.5 Å². The van der Waals surface area contributed by atoms with Gasteiger partial charge in [0.1, 0.15) is 0 Å². The smallest absolute Gasteiger partial charge is 0.328 e. The Morgan fingerprint density at radius 2 is 1.46 bits per heavy atom. The van der Waals surface area contributed by atoms with E-state index in [2.05, 4.69) is 4.98 Å². The van der Waals surface area contributed by atoms with Crippen LogP contribution >= 0.6 is 0 Å². The first kappa shape index (κ1) is 17.6. The third kappa shape index (κ3) is 4.15. The number of rotatable bonds is 2. The van der Waals surface area contributed by atoms with E-state index < -0.39 is 40.6 Å². The second-order valence-corrected chi connectivity index (χ2v) is 4.69. The number of anilines is 1. The van der Waals surface area contributed by atoms with Gasteiger partial charge in [0, 0.05) is 18.0 Å². The summed E-state index contributed by atoms with van der Waals surface area (Å²) in [5, 5.41) is 1.94. The number of H-pyrrole nitrogens is 1. The molecule has 0 radical (unpaired) electrons. The van der Waals surface area contributed by atoms with Crippen LogP contribution in [-0.2, 0) is 12.4 Å². The lowest BCUT2D eigenvalue weighted by Gasteiger charge is -2.14. The number of carbonyl (C=O) groups excluding carboxylic acids is 1. The van der Waals surface area contributed by atoms with Gasteiger partial charge in [0.15, 0.2) is 0 Å². The zero-order valence-electron chi connectivity index (χ0n) is 11.5. The molecule has 1 aromatic heterocycles. The van der Waals surface area contributed by atoms with Gasteiger partial charge in [-0.3, -0.25) is 9.59 Å². The van der Waals surface area contributed by atoms with Crippen LogP contribution in [0.15, 0.2) is 41.3 Å². The Labute approximate surface area is 130 Å². The number of amides is 1. The normalized spacial score (nSPS) is 12.1. The average molecular weight is 350 g/mol. The molecule has 2 rings (SSSR count). The minimum Gasteiger partial charge on any atom is -0.328 e. The van der Waals surface area contributed by atoms with Crippen molar-refractivity contribution in [3.63, 3.8) is 0 Å². The van der Waals surface area contributed by atoms with Crippen molar-refractivity contribution in [2.45, 2.75) is 12.4 Å². The maximum atomic E-state index is 12.7. The summed E-state index contributed by atoms with van der Waals surface area (Å²) in [6, 6.07) is 2.79. The van der Waals surface area contributed by atoms with Crippen LogP contribution in [-0.4, -0.2) is 10.9 Å². The number of aromatic amines is 1. The van der Waals surface area contributed by atoms with Crippen molar-refractivity contribution in [3.05, 3.63) is 63.6 Å². The van der Waals surface area contributed by atoms with Crippen molar-refractivity contribution in [1.29, 1.82) is 0 Å². The molecule has 2 N–H and O–H groups in total. The number of nitrogens with one attached hydrogen (secondary N) is 2. The van der Waals surface area contributed by atoms with Crippen LogP contribution in [0.3, 0.4) is 0 Å². The molecule has 2 aromatic rings. The first-order valence-electron chi connectivity index (χ1n) is 6.26. The third-order valence-electron chi connectivity index (χ3n) is 2.89. The zero-order chi connectivity index (χ0) is 18.1. The predicted molar refractivity (Wildman–Crippen MR) is 71.5 cm³/mol. The predicted octanol–water partition coefficient (Wildman–Crippen LogP) is 3.66. The van der Waals surface area contributed by atoms with Gasteiger partial charge in [-0.1, -0.05) is 0 Å². The molecule has 10 heteroatoms. The van der Waals surface area contributed by atoms with Crippen molar-refractivity contribution in [2.24, 2.45) is 0 Å². The number of alkyl halides is 6. The van der Waals surface area contributed by atoms with Gasteiger partial charge < -0.3 is 10.3 Å². The first-order chi connectivity index (χ1) is 11.0. The highest BCUT2D eigenvalue weighted by Crippen LogP contribution is 2.37. The van der Waals surface area contributed by atoms with Crippen LogP contribution in [0.25, 0.3) is 0 Å². The second-order valence-electron chi connectivity index (χ2n) is 4.69. The molecule has 0 aliphatic heterocycles. The lowest BCUT2D eigenvalue weighted by Crippen LogP contribution is -2.17. The van der Waals surface area contributed by atoms with Gasteiger partial charge in [0.05, 0.1) is 16.7 Å². The Kier molecular flexibility index (Phi) is 4.41. The molecule has 0 aliphatic rings. The van der Waals surface area contributed by atoms with Gasteiger partial charge in [0.2, 0.25) is 5.56 Å². The fraction of sp³-hybridized carbons (Fsp3) is 0.143. The molecule has 1 aromatic carbocycles. The number of halogens is 6. The Bertz CT molecular complexity index is 770. The Hall–Kier alpha value is -2.78. The van der Waals surface area contributed by atoms with Crippen LogP contribution in [0.2, 0.25) is 0 Å². The van der Waals surface area contributed by atoms with Gasteiger partial charge in [-0.05, 0) is 24.3 Å². The number of benzene rings is 1. The van der Waals surface area contributed by atoms with Gasteiger partial charge in [-0.15, -0.1) is 0 Å². The first-order valence-corrected chi connectivity index (χ1v) is 6.26. The maximum Gasteiger partial charge on any atom is 0.416 e. The summed E-state index contributed by atoms with van der Waals surface area (Å²) in [5.41, 5.74) is -4.43.